The van der Waals surface area contributed by atoms with E-state index in [4.69, 9.17) is 16.3 Å². The van der Waals surface area contributed by atoms with Gasteiger partial charge in [-0.05, 0) is 18.2 Å². The molecule has 0 radical (unpaired) electrons. The first-order chi connectivity index (χ1) is 8.87. The summed E-state index contributed by atoms with van der Waals surface area (Å²) in [6, 6.07) is 4.78. The molecule has 0 saturated carbocycles. The zero-order valence-electron chi connectivity index (χ0n) is 10.1. The lowest BCUT2D eigenvalue weighted by molar-refractivity contribution is 0.0484. The molecule has 1 amide bonds. The van der Waals surface area contributed by atoms with E-state index in [1.807, 2.05) is 0 Å². The monoisotopic (exact) mass is 305 g/mol. The predicted octanol–water partition coefficient (Wildman–Crippen LogP) is 1.11. The van der Waals surface area contributed by atoms with Crippen molar-refractivity contribution in [3.63, 3.8) is 0 Å². The molecule has 104 valence electrons. The summed E-state index contributed by atoms with van der Waals surface area (Å²) in [6.07, 6.45) is 0.955. The molecule has 1 aromatic rings. The second-order valence-corrected chi connectivity index (χ2v) is 6.09. The third-order valence-corrected chi connectivity index (χ3v) is 3.32. The van der Waals surface area contributed by atoms with Crippen LogP contribution in [0.3, 0.4) is 0 Å². The Morgan fingerprint density at radius 1 is 1.47 bits per heavy atom. The fraction of sp³-hybridized carbons (Fsp3) is 0.364. The van der Waals surface area contributed by atoms with Crippen molar-refractivity contribution < 1.29 is 22.1 Å². The number of amides is 1. The van der Waals surface area contributed by atoms with Crippen molar-refractivity contribution in [3.8, 4) is 5.75 Å². The topological polar surface area (TPSA) is 72.9 Å². The zero-order valence-corrected chi connectivity index (χ0v) is 11.7. The standard InChI is InChI=1S/C11H12ClNO5S/c1-19(15,16)18-5-4-13-7-17-10-3-2-8(12)6-9(10)11(13)14/h2-3,6H,4-5,7H2,1H3. The minimum atomic E-state index is -3.51. The zero-order chi connectivity index (χ0) is 14.0. The third kappa shape index (κ3) is 3.59. The normalized spacial score (nSPS) is 15.1. The molecule has 0 N–H and O–H groups in total. The van der Waals surface area contributed by atoms with Gasteiger partial charge in [0.1, 0.15) is 5.75 Å². The molecular weight excluding hydrogens is 294 g/mol. The van der Waals surface area contributed by atoms with E-state index in [9.17, 15) is 13.2 Å². The first-order valence-corrected chi connectivity index (χ1v) is 7.62. The number of ether oxygens (including phenoxy) is 1. The summed E-state index contributed by atoms with van der Waals surface area (Å²) in [5.74, 6) is 0.204. The second kappa shape index (κ2) is 5.36. The van der Waals surface area contributed by atoms with E-state index < -0.39 is 10.1 Å². The maximum atomic E-state index is 12.1. The maximum Gasteiger partial charge on any atom is 0.264 e. The average Bonchev–Trinajstić information content (AvgIpc) is 2.31. The third-order valence-electron chi connectivity index (χ3n) is 2.49. The van der Waals surface area contributed by atoms with Crippen LogP contribution in [0.2, 0.25) is 5.02 Å². The minimum absolute atomic E-state index is 0.0561. The van der Waals surface area contributed by atoms with Gasteiger partial charge >= 0.3 is 0 Å². The number of hydrogen-bond acceptors (Lipinski definition) is 5. The molecule has 2 rings (SSSR count). The van der Waals surface area contributed by atoms with Crippen LogP contribution in [0.15, 0.2) is 18.2 Å². The Labute approximate surface area is 116 Å². The molecule has 0 aliphatic carbocycles. The molecule has 0 spiro atoms. The smallest absolute Gasteiger partial charge is 0.264 e. The lowest BCUT2D eigenvalue weighted by Crippen LogP contribution is -2.40. The Hall–Kier alpha value is -1.31. The van der Waals surface area contributed by atoms with Crippen molar-refractivity contribution in [2.45, 2.75) is 0 Å². The predicted molar refractivity (Wildman–Crippen MR) is 68.8 cm³/mol. The highest BCUT2D eigenvalue weighted by Crippen LogP contribution is 2.27. The molecule has 8 heteroatoms. The molecule has 1 aliphatic rings. The number of carbonyl (C=O) groups is 1. The number of fused-ring (bicyclic) bond motifs is 1. The molecule has 1 aliphatic heterocycles. The van der Waals surface area contributed by atoms with Crippen LogP contribution in [-0.2, 0) is 14.3 Å². The summed E-state index contributed by atoms with van der Waals surface area (Å²) < 4.78 is 31.6. The molecule has 0 fully saturated rings. The van der Waals surface area contributed by atoms with Gasteiger partial charge in [-0.3, -0.25) is 8.98 Å². The van der Waals surface area contributed by atoms with Crippen molar-refractivity contribution >= 4 is 27.6 Å². The van der Waals surface area contributed by atoms with Gasteiger partial charge in [0.05, 0.1) is 18.4 Å². The molecule has 6 nitrogen and oxygen atoms in total. The molecule has 1 aromatic carbocycles. The molecule has 19 heavy (non-hydrogen) atoms. The number of hydrogen-bond donors (Lipinski definition) is 0. The van der Waals surface area contributed by atoms with Gasteiger partial charge in [0.15, 0.2) is 6.73 Å². The van der Waals surface area contributed by atoms with E-state index in [0.717, 1.165) is 6.26 Å². The van der Waals surface area contributed by atoms with Gasteiger partial charge in [-0.1, -0.05) is 11.6 Å². The van der Waals surface area contributed by atoms with Crippen molar-refractivity contribution in [3.05, 3.63) is 28.8 Å². The van der Waals surface area contributed by atoms with E-state index in [2.05, 4.69) is 4.18 Å². The van der Waals surface area contributed by atoms with Crippen LogP contribution in [-0.4, -0.2) is 45.4 Å². The van der Waals surface area contributed by atoms with E-state index in [-0.39, 0.29) is 25.8 Å². The van der Waals surface area contributed by atoms with Gasteiger partial charge in [-0.15, -0.1) is 0 Å². The summed E-state index contributed by atoms with van der Waals surface area (Å²) in [5, 5.41) is 0.435. The number of carbonyl (C=O) groups excluding carboxylic acids is 1. The van der Waals surface area contributed by atoms with Crippen molar-refractivity contribution in [2.24, 2.45) is 0 Å². The highest BCUT2D eigenvalue weighted by Gasteiger charge is 2.25. The molecule has 0 aromatic heterocycles. The van der Waals surface area contributed by atoms with Crippen LogP contribution in [0.1, 0.15) is 10.4 Å². The minimum Gasteiger partial charge on any atom is -0.472 e. The van der Waals surface area contributed by atoms with Crippen molar-refractivity contribution in [1.29, 1.82) is 0 Å². The summed E-state index contributed by atoms with van der Waals surface area (Å²) in [7, 11) is -3.51. The van der Waals surface area contributed by atoms with Gasteiger partial charge in [0, 0.05) is 11.6 Å². The van der Waals surface area contributed by atoms with E-state index in [0.29, 0.717) is 16.3 Å². The fourth-order valence-electron chi connectivity index (χ4n) is 1.64. The fourth-order valence-corrected chi connectivity index (χ4v) is 2.19. The average molecular weight is 306 g/mol. The molecule has 0 atom stereocenters. The Bertz CT molecular complexity index is 601. The van der Waals surface area contributed by atoms with Gasteiger partial charge < -0.3 is 9.64 Å². The number of halogens is 1. The van der Waals surface area contributed by atoms with Crippen molar-refractivity contribution in [1.82, 2.24) is 4.90 Å². The van der Waals surface area contributed by atoms with Crippen LogP contribution in [0.25, 0.3) is 0 Å². The molecule has 0 bridgehead atoms. The summed E-state index contributed by atoms with van der Waals surface area (Å²) in [4.78, 5) is 13.5. The quantitative estimate of drug-likeness (QED) is 0.779. The number of rotatable bonds is 4. The van der Waals surface area contributed by atoms with E-state index >= 15 is 0 Å². The Morgan fingerprint density at radius 2 is 2.21 bits per heavy atom. The first kappa shape index (κ1) is 14.1. The highest BCUT2D eigenvalue weighted by atomic mass is 35.5. The maximum absolute atomic E-state index is 12.1. The van der Waals surface area contributed by atoms with Gasteiger partial charge in [-0.25, -0.2) is 0 Å². The van der Waals surface area contributed by atoms with Gasteiger partial charge in [0.25, 0.3) is 16.0 Å². The Morgan fingerprint density at radius 3 is 2.89 bits per heavy atom. The van der Waals surface area contributed by atoms with Crippen LogP contribution in [0, 0.1) is 0 Å². The van der Waals surface area contributed by atoms with Crippen LogP contribution >= 0.6 is 11.6 Å². The second-order valence-electron chi connectivity index (χ2n) is 4.01. The largest absolute Gasteiger partial charge is 0.472 e. The van der Waals surface area contributed by atoms with Crippen LogP contribution in [0.5, 0.6) is 5.75 Å². The Kier molecular flexibility index (Phi) is 3.98. The van der Waals surface area contributed by atoms with Gasteiger partial charge in [-0.2, -0.15) is 8.42 Å². The SMILES string of the molecule is CS(=O)(=O)OCCN1COc2ccc(Cl)cc2C1=O. The molecular formula is C11H12ClNO5S. The lowest BCUT2D eigenvalue weighted by Gasteiger charge is -2.28. The van der Waals surface area contributed by atoms with Gasteiger partial charge in [0.2, 0.25) is 0 Å². The molecule has 0 unspecified atom stereocenters. The van der Waals surface area contributed by atoms with Crippen molar-refractivity contribution in [2.75, 3.05) is 26.1 Å². The number of nitrogens with zero attached hydrogens (tertiary/aromatic N) is 1. The van der Waals surface area contributed by atoms with E-state index in [1.165, 1.54) is 11.0 Å². The highest BCUT2D eigenvalue weighted by molar-refractivity contribution is 7.85. The molecule has 1 heterocycles. The van der Waals surface area contributed by atoms with Crippen LogP contribution < -0.4 is 4.74 Å². The molecule has 0 saturated heterocycles. The lowest BCUT2D eigenvalue weighted by atomic mass is 10.1. The Balaban J connectivity index is 2.05. The van der Waals surface area contributed by atoms with E-state index in [1.54, 1.807) is 12.1 Å². The first-order valence-electron chi connectivity index (χ1n) is 5.43. The summed E-state index contributed by atoms with van der Waals surface area (Å²) >= 11 is 5.82. The van der Waals surface area contributed by atoms with Crippen LogP contribution in [0.4, 0.5) is 0 Å². The number of benzene rings is 1. The summed E-state index contributed by atoms with van der Waals surface area (Å²) in [5.41, 5.74) is 0.359. The summed E-state index contributed by atoms with van der Waals surface area (Å²) in [6.45, 7) is 0.0717.